The minimum Gasteiger partial charge on any atom is -0.493 e. The molecule has 160 valence electrons. The van der Waals surface area contributed by atoms with Crippen LogP contribution in [0.5, 0.6) is 11.5 Å². The number of nitrogens with one attached hydrogen (secondary N) is 1. The highest BCUT2D eigenvalue weighted by molar-refractivity contribution is 9.10. The van der Waals surface area contributed by atoms with Gasteiger partial charge in [0.1, 0.15) is 5.82 Å². The largest absolute Gasteiger partial charge is 0.493 e. The smallest absolute Gasteiger partial charge is 0.254 e. The number of anilines is 1. The zero-order valence-electron chi connectivity index (χ0n) is 17.4. The van der Waals surface area contributed by atoms with Crippen LogP contribution in [0.2, 0.25) is 0 Å². The number of piperidine rings is 1. The molecule has 0 aliphatic carbocycles. The van der Waals surface area contributed by atoms with Gasteiger partial charge in [0.25, 0.3) is 5.91 Å². The summed E-state index contributed by atoms with van der Waals surface area (Å²) in [6, 6.07) is 8.73. The summed E-state index contributed by atoms with van der Waals surface area (Å²) in [5.74, 6) is 1.09. The molecular formula is C22H26BrN3O4. The van der Waals surface area contributed by atoms with E-state index in [-0.39, 0.29) is 23.8 Å². The lowest BCUT2D eigenvalue weighted by atomic mass is 9.96. The highest BCUT2D eigenvalue weighted by Gasteiger charge is 2.29. The highest BCUT2D eigenvalue weighted by Crippen LogP contribution is 2.30. The van der Waals surface area contributed by atoms with Crippen molar-refractivity contribution in [3.8, 4) is 11.5 Å². The summed E-state index contributed by atoms with van der Waals surface area (Å²) in [6.07, 6.45) is 3.13. The number of nitrogens with zero attached hydrogens (tertiary/aromatic N) is 2. The number of ether oxygens (including phenoxy) is 2. The van der Waals surface area contributed by atoms with Gasteiger partial charge >= 0.3 is 0 Å². The molecule has 2 amide bonds. The normalized spacial score (nSPS) is 16.3. The first-order chi connectivity index (χ1) is 14.4. The molecule has 1 aliphatic rings. The van der Waals surface area contributed by atoms with E-state index in [2.05, 4.69) is 26.2 Å². The Bertz CT molecular complexity index is 902. The SMILES string of the molecule is COc1cc(C(=O)N2CCCC(C(=O)Nc3ccc(Br)cn3)C2)ccc1OC(C)C. The quantitative estimate of drug-likeness (QED) is 0.678. The fourth-order valence-corrected chi connectivity index (χ4v) is 3.62. The second kappa shape index (κ2) is 9.93. The topological polar surface area (TPSA) is 80.8 Å². The van der Waals surface area contributed by atoms with Crippen molar-refractivity contribution in [2.45, 2.75) is 32.8 Å². The van der Waals surface area contributed by atoms with Crippen LogP contribution in [0.15, 0.2) is 41.0 Å². The van der Waals surface area contributed by atoms with Gasteiger partial charge in [0.15, 0.2) is 11.5 Å². The second-order valence-electron chi connectivity index (χ2n) is 7.47. The van der Waals surface area contributed by atoms with Crippen LogP contribution < -0.4 is 14.8 Å². The van der Waals surface area contributed by atoms with E-state index >= 15 is 0 Å². The number of carbonyl (C=O) groups excluding carboxylic acids is 2. The van der Waals surface area contributed by atoms with E-state index in [0.717, 1.165) is 17.3 Å². The van der Waals surface area contributed by atoms with Crippen molar-refractivity contribution in [2.75, 3.05) is 25.5 Å². The average Bonchev–Trinajstić information content (AvgIpc) is 2.74. The molecule has 1 aromatic heterocycles. The molecule has 1 aromatic carbocycles. The lowest BCUT2D eigenvalue weighted by Crippen LogP contribution is -2.43. The summed E-state index contributed by atoms with van der Waals surface area (Å²) < 4.78 is 11.9. The molecule has 8 heteroatoms. The Hall–Kier alpha value is -2.61. The van der Waals surface area contributed by atoms with Gasteiger partial charge in [0.05, 0.1) is 19.1 Å². The summed E-state index contributed by atoms with van der Waals surface area (Å²) in [7, 11) is 1.55. The predicted molar refractivity (Wildman–Crippen MR) is 118 cm³/mol. The summed E-state index contributed by atoms with van der Waals surface area (Å²) >= 11 is 3.32. The zero-order chi connectivity index (χ0) is 21.7. The van der Waals surface area contributed by atoms with Gasteiger partial charge in [-0.2, -0.15) is 0 Å². The number of halogens is 1. The molecule has 0 saturated carbocycles. The van der Waals surface area contributed by atoms with Gasteiger partial charge in [0.2, 0.25) is 5.91 Å². The second-order valence-corrected chi connectivity index (χ2v) is 8.39. The van der Waals surface area contributed by atoms with Crippen molar-refractivity contribution in [1.82, 2.24) is 9.88 Å². The minimum absolute atomic E-state index is 0.00188. The minimum atomic E-state index is -0.279. The molecule has 1 unspecified atom stereocenters. The summed E-state index contributed by atoms with van der Waals surface area (Å²) in [5.41, 5.74) is 0.513. The van der Waals surface area contributed by atoms with Crippen LogP contribution in [0.4, 0.5) is 5.82 Å². The Balaban J connectivity index is 1.67. The van der Waals surface area contributed by atoms with Crippen LogP contribution in [0.1, 0.15) is 37.0 Å². The molecule has 1 aliphatic heterocycles. The third-order valence-electron chi connectivity index (χ3n) is 4.83. The van der Waals surface area contributed by atoms with Crippen molar-refractivity contribution in [3.05, 3.63) is 46.6 Å². The maximum Gasteiger partial charge on any atom is 0.254 e. The van der Waals surface area contributed by atoms with Crippen LogP contribution in [0, 0.1) is 5.92 Å². The monoisotopic (exact) mass is 475 g/mol. The molecule has 1 atom stereocenters. The van der Waals surface area contributed by atoms with Crippen LogP contribution >= 0.6 is 15.9 Å². The third-order valence-corrected chi connectivity index (χ3v) is 5.30. The number of hydrogen-bond donors (Lipinski definition) is 1. The lowest BCUT2D eigenvalue weighted by Gasteiger charge is -2.32. The molecule has 0 radical (unpaired) electrons. The molecule has 7 nitrogen and oxygen atoms in total. The first-order valence-corrected chi connectivity index (χ1v) is 10.7. The van der Waals surface area contributed by atoms with E-state index in [1.54, 1.807) is 42.5 Å². The first kappa shape index (κ1) is 22.1. The maximum atomic E-state index is 13.0. The fraction of sp³-hybridized carbons (Fsp3) is 0.409. The number of hydrogen-bond acceptors (Lipinski definition) is 5. The van der Waals surface area contributed by atoms with Gasteiger partial charge in [-0.05, 0) is 73.0 Å². The fourth-order valence-electron chi connectivity index (χ4n) is 3.39. The van der Waals surface area contributed by atoms with Crippen LogP contribution in [0.3, 0.4) is 0 Å². The summed E-state index contributed by atoms with van der Waals surface area (Å²) in [5, 5.41) is 2.84. The number of amides is 2. The molecule has 2 heterocycles. The Morgan fingerprint density at radius 2 is 2.03 bits per heavy atom. The predicted octanol–water partition coefficient (Wildman–Crippen LogP) is 4.13. The van der Waals surface area contributed by atoms with Crippen LogP contribution in [0.25, 0.3) is 0 Å². The third kappa shape index (κ3) is 5.50. The van der Waals surface area contributed by atoms with Gasteiger partial charge in [-0.3, -0.25) is 9.59 Å². The van der Waals surface area contributed by atoms with Crippen molar-refractivity contribution in [3.63, 3.8) is 0 Å². The van der Waals surface area contributed by atoms with Gasteiger partial charge < -0.3 is 19.7 Å². The van der Waals surface area contributed by atoms with E-state index in [1.165, 1.54) is 0 Å². The Morgan fingerprint density at radius 1 is 1.23 bits per heavy atom. The maximum absolute atomic E-state index is 13.0. The van der Waals surface area contributed by atoms with Gasteiger partial charge in [-0.25, -0.2) is 4.98 Å². The van der Waals surface area contributed by atoms with E-state index in [4.69, 9.17) is 9.47 Å². The van der Waals surface area contributed by atoms with Crippen LogP contribution in [-0.2, 0) is 4.79 Å². The van der Waals surface area contributed by atoms with E-state index < -0.39 is 0 Å². The summed E-state index contributed by atoms with van der Waals surface area (Å²) in [4.78, 5) is 31.6. The summed E-state index contributed by atoms with van der Waals surface area (Å²) in [6.45, 7) is 4.85. The zero-order valence-corrected chi connectivity index (χ0v) is 18.9. The van der Waals surface area contributed by atoms with Gasteiger partial charge in [-0.15, -0.1) is 0 Å². The van der Waals surface area contributed by atoms with Crippen LogP contribution in [-0.4, -0.2) is 48.0 Å². The Labute approximate surface area is 184 Å². The molecule has 1 saturated heterocycles. The number of aromatic nitrogens is 1. The van der Waals surface area contributed by atoms with Gasteiger partial charge in [0, 0.05) is 29.3 Å². The molecule has 30 heavy (non-hydrogen) atoms. The molecular weight excluding hydrogens is 450 g/mol. The molecule has 1 fully saturated rings. The molecule has 2 aromatic rings. The highest BCUT2D eigenvalue weighted by atomic mass is 79.9. The molecule has 3 rings (SSSR count). The van der Waals surface area contributed by atoms with Gasteiger partial charge in [-0.1, -0.05) is 0 Å². The molecule has 1 N–H and O–H groups in total. The van der Waals surface area contributed by atoms with Crippen molar-refractivity contribution in [1.29, 1.82) is 0 Å². The Morgan fingerprint density at radius 3 is 2.70 bits per heavy atom. The number of methoxy groups -OCH3 is 1. The first-order valence-electron chi connectivity index (χ1n) is 9.93. The number of likely N-dealkylation sites (tertiary alicyclic amines) is 1. The van der Waals surface area contributed by atoms with Crippen molar-refractivity contribution < 1.29 is 19.1 Å². The van der Waals surface area contributed by atoms with E-state index in [9.17, 15) is 9.59 Å². The number of rotatable bonds is 6. The standard InChI is InChI=1S/C22H26BrN3O4/c1-14(2)30-18-8-6-15(11-19(18)29-3)22(28)26-10-4-5-16(13-26)21(27)25-20-9-7-17(23)12-24-20/h6-9,11-12,14,16H,4-5,10,13H2,1-3H3,(H,24,25,27). The number of benzene rings is 1. The molecule has 0 bridgehead atoms. The molecule has 0 spiro atoms. The van der Waals surface area contributed by atoms with E-state index in [0.29, 0.717) is 36.0 Å². The number of pyridine rings is 1. The average molecular weight is 476 g/mol. The Kier molecular flexibility index (Phi) is 7.31. The van der Waals surface area contributed by atoms with Crippen molar-refractivity contribution >= 4 is 33.6 Å². The number of carbonyl (C=O) groups is 2. The van der Waals surface area contributed by atoms with E-state index in [1.807, 2.05) is 19.9 Å². The van der Waals surface area contributed by atoms with Crippen molar-refractivity contribution in [2.24, 2.45) is 5.92 Å². The lowest BCUT2D eigenvalue weighted by molar-refractivity contribution is -0.121.